The molecule has 0 unspecified atom stereocenters. The van der Waals surface area contributed by atoms with E-state index in [1.54, 1.807) is 24.3 Å². The number of hydrogen-bond acceptors (Lipinski definition) is 3. The van der Waals surface area contributed by atoms with Gasteiger partial charge in [-0.25, -0.2) is 0 Å². The van der Waals surface area contributed by atoms with E-state index in [-0.39, 0.29) is 11.5 Å². The first kappa shape index (κ1) is 13.9. The average molecular weight is 291 g/mol. The molecular weight excluding hydrogens is 278 g/mol. The van der Waals surface area contributed by atoms with Crippen molar-refractivity contribution in [3.05, 3.63) is 87.5 Å². The lowest BCUT2D eigenvalue weighted by Gasteiger charge is -2.09. The molecule has 0 heterocycles. The maximum absolute atomic E-state index is 12.8. The van der Waals surface area contributed by atoms with Crippen molar-refractivity contribution in [2.24, 2.45) is 0 Å². The molecule has 0 bridgehead atoms. The number of ketones is 1. The number of non-ortho nitro benzene ring substituents is 1. The molecule has 0 radical (unpaired) electrons. The molecule has 0 saturated heterocycles. The highest BCUT2D eigenvalue weighted by Gasteiger charge is 2.16. The van der Waals surface area contributed by atoms with Crippen LogP contribution < -0.4 is 0 Å². The summed E-state index contributed by atoms with van der Waals surface area (Å²) in [7, 11) is 0. The molecule has 3 aromatic rings. The van der Waals surface area contributed by atoms with E-state index >= 15 is 0 Å². The second kappa shape index (κ2) is 5.41. The van der Waals surface area contributed by atoms with Crippen molar-refractivity contribution in [2.45, 2.75) is 6.92 Å². The molecule has 22 heavy (non-hydrogen) atoms. The van der Waals surface area contributed by atoms with Crippen LogP contribution in [0.15, 0.2) is 60.7 Å². The van der Waals surface area contributed by atoms with Crippen LogP contribution in [-0.4, -0.2) is 10.7 Å². The maximum atomic E-state index is 12.8. The van der Waals surface area contributed by atoms with E-state index in [4.69, 9.17) is 0 Å². The molecular formula is C18H13NO3. The molecule has 0 aromatic heterocycles. The number of nitro groups is 1. The number of aryl methyl sites for hydroxylation is 1. The predicted octanol–water partition coefficient (Wildman–Crippen LogP) is 4.29. The summed E-state index contributed by atoms with van der Waals surface area (Å²) in [6.45, 7) is 1.87. The monoisotopic (exact) mass is 291 g/mol. The fourth-order valence-electron chi connectivity index (χ4n) is 2.58. The van der Waals surface area contributed by atoms with Crippen LogP contribution in [0, 0.1) is 17.0 Å². The third kappa shape index (κ3) is 2.35. The van der Waals surface area contributed by atoms with E-state index in [1.807, 2.05) is 31.2 Å². The van der Waals surface area contributed by atoms with Crippen molar-refractivity contribution in [2.75, 3.05) is 0 Å². The van der Waals surface area contributed by atoms with Gasteiger partial charge in [-0.1, -0.05) is 42.5 Å². The van der Waals surface area contributed by atoms with Gasteiger partial charge in [0.1, 0.15) is 0 Å². The van der Waals surface area contributed by atoms with Gasteiger partial charge in [-0.05, 0) is 29.3 Å². The number of carbonyl (C=O) groups excluding carboxylic acids is 1. The van der Waals surface area contributed by atoms with E-state index in [2.05, 4.69) is 0 Å². The van der Waals surface area contributed by atoms with Gasteiger partial charge >= 0.3 is 0 Å². The van der Waals surface area contributed by atoms with Gasteiger partial charge in [-0.15, -0.1) is 0 Å². The van der Waals surface area contributed by atoms with E-state index in [0.29, 0.717) is 16.5 Å². The molecule has 0 amide bonds. The van der Waals surface area contributed by atoms with E-state index in [9.17, 15) is 14.9 Å². The van der Waals surface area contributed by atoms with Gasteiger partial charge in [0.05, 0.1) is 4.92 Å². The van der Waals surface area contributed by atoms with Crippen molar-refractivity contribution in [1.82, 2.24) is 0 Å². The zero-order valence-electron chi connectivity index (χ0n) is 11.9. The highest BCUT2D eigenvalue weighted by Crippen LogP contribution is 2.28. The van der Waals surface area contributed by atoms with Crippen molar-refractivity contribution < 1.29 is 9.72 Å². The van der Waals surface area contributed by atoms with Crippen LogP contribution in [0.5, 0.6) is 0 Å². The third-order valence-corrected chi connectivity index (χ3v) is 3.69. The summed E-state index contributed by atoms with van der Waals surface area (Å²) in [5, 5.41) is 12.3. The molecule has 0 atom stereocenters. The second-order valence-corrected chi connectivity index (χ2v) is 5.12. The summed E-state index contributed by atoms with van der Waals surface area (Å²) in [4.78, 5) is 23.2. The Labute approximate surface area is 127 Å². The predicted molar refractivity (Wildman–Crippen MR) is 85.2 cm³/mol. The molecule has 108 valence electrons. The molecule has 4 heteroatoms. The van der Waals surface area contributed by atoms with Gasteiger partial charge in [-0.2, -0.15) is 0 Å². The quantitative estimate of drug-likeness (QED) is 0.411. The number of nitro benzene ring substituents is 1. The first-order valence-electron chi connectivity index (χ1n) is 6.85. The van der Waals surface area contributed by atoms with Crippen LogP contribution in [-0.2, 0) is 0 Å². The molecule has 0 saturated carbocycles. The number of nitrogens with zero attached hydrogens (tertiary/aromatic N) is 1. The zero-order chi connectivity index (χ0) is 15.7. The van der Waals surface area contributed by atoms with Crippen LogP contribution >= 0.6 is 0 Å². The fraction of sp³-hybridized carbons (Fsp3) is 0.0556. The largest absolute Gasteiger partial charge is 0.289 e. The Morgan fingerprint density at radius 3 is 2.41 bits per heavy atom. The lowest BCUT2D eigenvalue weighted by molar-refractivity contribution is -0.384. The smallest absolute Gasteiger partial charge is 0.270 e. The SMILES string of the molecule is Cc1ccc2cc([N+](=O)[O-])ccc2c1C(=O)c1ccccc1. The van der Waals surface area contributed by atoms with Crippen LogP contribution in [0.25, 0.3) is 10.8 Å². The van der Waals surface area contributed by atoms with E-state index in [1.165, 1.54) is 12.1 Å². The van der Waals surface area contributed by atoms with Gasteiger partial charge in [0, 0.05) is 23.3 Å². The second-order valence-electron chi connectivity index (χ2n) is 5.12. The lowest BCUT2D eigenvalue weighted by atomic mass is 9.93. The van der Waals surface area contributed by atoms with Crippen LogP contribution in [0.2, 0.25) is 0 Å². The third-order valence-electron chi connectivity index (χ3n) is 3.69. The van der Waals surface area contributed by atoms with Crippen LogP contribution in [0.1, 0.15) is 21.5 Å². The molecule has 0 aliphatic carbocycles. The van der Waals surface area contributed by atoms with Crippen molar-refractivity contribution in [3.63, 3.8) is 0 Å². The summed E-state index contributed by atoms with van der Waals surface area (Å²) in [6.07, 6.45) is 0. The normalized spacial score (nSPS) is 10.6. The molecule has 3 rings (SSSR count). The van der Waals surface area contributed by atoms with Crippen LogP contribution in [0.3, 0.4) is 0 Å². The topological polar surface area (TPSA) is 60.2 Å². The summed E-state index contributed by atoms with van der Waals surface area (Å²) in [5.41, 5.74) is 2.08. The molecule has 0 aliphatic rings. The van der Waals surface area contributed by atoms with Gasteiger partial charge in [0.15, 0.2) is 5.78 Å². The minimum absolute atomic E-state index is 0.0227. The minimum atomic E-state index is -0.433. The Morgan fingerprint density at radius 2 is 1.73 bits per heavy atom. The number of hydrogen-bond donors (Lipinski definition) is 0. The van der Waals surface area contributed by atoms with E-state index < -0.39 is 4.92 Å². The summed E-state index contributed by atoms with van der Waals surface area (Å²) >= 11 is 0. The fourth-order valence-corrected chi connectivity index (χ4v) is 2.58. The number of fused-ring (bicyclic) bond motifs is 1. The average Bonchev–Trinajstić information content (AvgIpc) is 2.54. The van der Waals surface area contributed by atoms with Gasteiger partial charge in [0.25, 0.3) is 5.69 Å². The zero-order valence-corrected chi connectivity index (χ0v) is 11.9. The minimum Gasteiger partial charge on any atom is -0.289 e. The van der Waals surface area contributed by atoms with Crippen molar-refractivity contribution >= 4 is 22.2 Å². The summed E-state index contributed by atoms with van der Waals surface area (Å²) in [5.74, 6) is -0.0717. The molecule has 0 fully saturated rings. The highest BCUT2D eigenvalue weighted by molar-refractivity contribution is 6.17. The summed E-state index contributed by atoms with van der Waals surface area (Å²) < 4.78 is 0. The number of benzene rings is 3. The standard InChI is InChI=1S/C18H13NO3/c1-12-7-8-14-11-15(19(21)22)9-10-16(14)17(12)18(20)13-5-3-2-4-6-13/h2-11H,1H3. The Bertz CT molecular complexity index is 885. The molecule has 3 aromatic carbocycles. The number of carbonyl (C=O) groups is 1. The van der Waals surface area contributed by atoms with Crippen molar-refractivity contribution in [1.29, 1.82) is 0 Å². The Kier molecular flexibility index (Phi) is 3.43. The molecule has 0 N–H and O–H groups in total. The Hall–Kier alpha value is -3.01. The summed E-state index contributed by atoms with van der Waals surface area (Å²) in [6, 6.07) is 17.2. The van der Waals surface area contributed by atoms with Gasteiger partial charge in [-0.3, -0.25) is 14.9 Å². The first-order chi connectivity index (χ1) is 10.6. The van der Waals surface area contributed by atoms with E-state index in [0.717, 1.165) is 10.9 Å². The van der Waals surface area contributed by atoms with Crippen LogP contribution in [0.4, 0.5) is 5.69 Å². The Balaban J connectivity index is 2.22. The first-order valence-corrected chi connectivity index (χ1v) is 6.85. The highest BCUT2D eigenvalue weighted by atomic mass is 16.6. The van der Waals surface area contributed by atoms with Crippen molar-refractivity contribution in [3.8, 4) is 0 Å². The Morgan fingerprint density at radius 1 is 1.00 bits per heavy atom. The van der Waals surface area contributed by atoms with Gasteiger partial charge in [0.2, 0.25) is 0 Å². The molecule has 4 nitrogen and oxygen atoms in total. The lowest BCUT2D eigenvalue weighted by Crippen LogP contribution is -2.04. The van der Waals surface area contributed by atoms with Gasteiger partial charge < -0.3 is 0 Å². The molecule has 0 aliphatic heterocycles. The molecule has 0 spiro atoms. The maximum Gasteiger partial charge on any atom is 0.270 e. The number of rotatable bonds is 3.